The van der Waals surface area contributed by atoms with Gasteiger partial charge in [0.25, 0.3) is 0 Å². The molecule has 0 radical (unpaired) electrons. The zero-order valence-electron chi connectivity index (χ0n) is 17.0. The first-order valence-corrected chi connectivity index (χ1v) is 10.1. The summed E-state index contributed by atoms with van der Waals surface area (Å²) in [4.78, 5) is 33.0. The van der Waals surface area contributed by atoms with Crippen molar-refractivity contribution in [2.75, 3.05) is 73.1 Å². The molecule has 27 heavy (non-hydrogen) atoms. The van der Waals surface area contributed by atoms with Crippen LogP contribution in [-0.4, -0.2) is 116 Å². The minimum Gasteiger partial charge on any atom is -0.441 e. The zero-order valence-corrected chi connectivity index (χ0v) is 17.0. The molecule has 3 rings (SSSR count). The highest BCUT2D eigenvalue weighted by Crippen LogP contribution is 2.33. The maximum absolute atomic E-state index is 12.7. The number of hydrogen-bond acceptors (Lipinski definition) is 6. The van der Waals surface area contributed by atoms with E-state index in [1.54, 1.807) is 4.90 Å². The Morgan fingerprint density at radius 2 is 1.85 bits per heavy atom. The van der Waals surface area contributed by atoms with Crippen LogP contribution in [0.3, 0.4) is 0 Å². The van der Waals surface area contributed by atoms with Gasteiger partial charge in [-0.25, -0.2) is 4.79 Å². The summed E-state index contributed by atoms with van der Waals surface area (Å²) < 4.78 is 11.1. The largest absolute Gasteiger partial charge is 0.441 e. The molecule has 0 aromatic carbocycles. The van der Waals surface area contributed by atoms with Crippen molar-refractivity contribution >= 4 is 12.0 Å². The molecule has 154 valence electrons. The zero-order chi connectivity index (χ0) is 19.4. The molecular weight excluding hydrogens is 348 g/mol. The number of ether oxygens (including phenoxy) is 2. The Hall–Kier alpha value is -1.38. The second-order valence-corrected chi connectivity index (χ2v) is 8.36. The van der Waals surface area contributed by atoms with Crippen LogP contribution in [0.25, 0.3) is 0 Å². The number of likely N-dealkylation sites (N-methyl/N-ethyl adjacent to an activating group) is 1. The molecule has 3 aliphatic rings. The van der Waals surface area contributed by atoms with Gasteiger partial charge >= 0.3 is 6.09 Å². The van der Waals surface area contributed by atoms with Gasteiger partial charge < -0.3 is 24.2 Å². The van der Waals surface area contributed by atoms with Gasteiger partial charge in [0.2, 0.25) is 5.91 Å². The Kier molecular flexibility index (Phi) is 6.60. The van der Waals surface area contributed by atoms with E-state index in [1.165, 1.54) is 0 Å². The summed E-state index contributed by atoms with van der Waals surface area (Å²) in [5.41, 5.74) is -0.407. The Bertz CT molecular complexity index is 528. The standard InChI is InChI=1S/C19H34N4O4/c1-16(21-10-12-26-13-11-21)14-17(24)22-6-4-19(5-7-22)15-23(18(25)27-19)9-8-20(2)3/h16H,4-15H2,1-3H3. The molecule has 0 saturated carbocycles. The highest BCUT2D eigenvalue weighted by molar-refractivity contribution is 5.77. The molecule has 0 N–H and O–H groups in total. The highest BCUT2D eigenvalue weighted by Gasteiger charge is 2.47. The first-order valence-electron chi connectivity index (χ1n) is 10.1. The van der Waals surface area contributed by atoms with Crippen LogP contribution in [-0.2, 0) is 14.3 Å². The first kappa shape index (κ1) is 20.4. The number of morpholine rings is 1. The number of carbonyl (C=O) groups is 2. The maximum atomic E-state index is 12.7. The molecule has 2 amide bonds. The van der Waals surface area contributed by atoms with Gasteiger partial charge in [-0.1, -0.05) is 0 Å². The minimum atomic E-state index is -0.407. The third-order valence-corrected chi connectivity index (χ3v) is 6.02. The van der Waals surface area contributed by atoms with Crippen LogP contribution in [0.4, 0.5) is 4.79 Å². The highest BCUT2D eigenvalue weighted by atomic mass is 16.6. The summed E-state index contributed by atoms with van der Waals surface area (Å²) in [6, 6.07) is 0.239. The molecule has 8 nitrogen and oxygen atoms in total. The van der Waals surface area contributed by atoms with Crippen molar-refractivity contribution in [2.45, 2.75) is 37.8 Å². The van der Waals surface area contributed by atoms with Gasteiger partial charge in [0.05, 0.1) is 19.8 Å². The molecule has 1 unspecified atom stereocenters. The van der Waals surface area contributed by atoms with Crippen LogP contribution >= 0.6 is 0 Å². The molecule has 0 bridgehead atoms. The second-order valence-electron chi connectivity index (χ2n) is 8.36. The lowest BCUT2D eigenvalue weighted by Gasteiger charge is -2.38. The fraction of sp³-hybridized carbons (Fsp3) is 0.895. The number of nitrogens with zero attached hydrogens (tertiary/aromatic N) is 4. The van der Waals surface area contributed by atoms with Gasteiger partial charge in [-0.3, -0.25) is 9.69 Å². The number of carbonyl (C=O) groups excluding carboxylic acids is 2. The second kappa shape index (κ2) is 8.75. The summed E-state index contributed by atoms with van der Waals surface area (Å²) in [5, 5.41) is 0. The van der Waals surface area contributed by atoms with Gasteiger partial charge in [-0.05, 0) is 21.0 Å². The van der Waals surface area contributed by atoms with Crippen molar-refractivity contribution in [1.29, 1.82) is 0 Å². The van der Waals surface area contributed by atoms with Gasteiger partial charge in [0.1, 0.15) is 5.60 Å². The summed E-state index contributed by atoms with van der Waals surface area (Å²) in [7, 11) is 4.00. The molecule has 3 heterocycles. The van der Waals surface area contributed by atoms with E-state index in [0.717, 1.165) is 45.7 Å². The van der Waals surface area contributed by atoms with Crippen molar-refractivity contribution < 1.29 is 19.1 Å². The van der Waals surface area contributed by atoms with Crippen LogP contribution in [0, 0.1) is 0 Å². The lowest BCUT2D eigenvalue weighted by Crippen LogP contribution is -2.50. The predicted octanol–water partition coefficient (Wildman–Crippen LogP) is 0.472. The summed E-state index contributed by atoms with van der Waals surface area (Å²) in [5.74, 6) is 0.206. The third kappa shape index (κ3) is 5.12. The van der Waals surface area contributed by atoms with Crippen LogP contribution < -0.4 is 0 Å². The van der Waals surface area contributed by atoms with Crippen molar-refractivity contribution in [1.82, 2.24) is 19.6 Å². The molecule has 3 fully saturated rings. The molecule has 0 aromatic rings. The average molecular weight is 383 g/mol. The van der Waals surface area contributed by atoms with Crippen molar-refractivity contribution in [3.05, 3.63) is 0 Å². The van der Waals surface area contributed by atoms with E-state index in [0.29, 0.717) is 32.6 Å². The van der Waals surface area contributed by atoms with E-state index >= 15 is 0 Å². The fourth-order valence-corrected chi connectivity index (χ4v) is 4.14. The van der Waals surface area contributed by atoms with Gasteiger partial charge in [-0.2, -0.15) is 0 Å². The van der Waals surface area contributed by atoms with E-state index in [4.69, 9.17) is 9.47 Å². The van der Waals surface area contributed by atoms with Crippen LogP contribution in [0.5, 0.6) is 0 Å². The quantitative estimate of drug-likeness (QED) is 0.666. The topological polar surface area (TPSA) is 65.6 Å². The van der Waals surface area contributed by atoms with E-state index in [9.17, 15) is 9.59 Å². The van der Waals surface area contributed by atoms with E-state index in [2.05, 4.69) is 16.7 Å². The van der Waals surface area contributed by atoms with Crippen LogP contribution in [0.1, 0.15) is 26.2 Å². The number of amides is 2. The van der Waals surface area contributed by atoms with Crippen LogP contribution in [0.2, 0.25) is 0 Å². The number of rotatable bonds is 6. The molecule has 3 aliphatic heterocycles. The predicted molar refractivity (Wildman–Crippen MR) is 102 cm³/mol. The van der Waals surface area contributed by atoms with E-state index < -0.39 is 5.60 Å². The SMILES string of the molecule is CC(CC(=O)N1CCC2(CC1)CN(CCN(C)C)C(=O)O2)N1CCOCC1. The summed E-state index contributed by atoms with van der Waals surface area (Å²) in [6.07, 6.45) is 1.79. The Morgan fingerprint density at radius 1 is 1.19 bits per heavy atom. The summed E-state index contributed by atoms with van der Waals surface area (Å²) >= 11 is 0. The first-order chi connectivity index (χ1) is 12.9. The number of hydrogen-bond donors (Lipinski definition) is 0. The summed E-state index contributed by atoms with van der Waals surface area (Å²) in [6.45, 7) is 8.92. The van der Waals surface area contributed by atoms with Gasteiger partial charge in [0.15, 0.2) is 0 Å². The number of piperidine rings is 1. The monoisotopic (exact) mass is 382 g/mol. The minimum absolute atomic E-state index is 0.206. The van der Waals surface area contributed by atoms with E-state index in [-0.39, 0.29) is 18.0 Å². The van der Waals surface area contributed by atoms with Crippen molar-refractivity contribution in [2.24, 2.45) is 0 Å². The number of likely N-dealkylation sites (tertiary alicyclic amines) is 1. The molecule has 0 aliphatic carbocycles. The average Bonchev–Trinajstić information content (AvgIpc) is 2.96. The molecule has 1 atom stereocenters. The van der Waals surface area contributed by atoms with Crippen molar-refractivity contribution in [3.8, 4) is 0 Å². The normalized spacial score (nSPS) is 24.5. The Labute approximate surface area is 162 Å². The van der Waals surface area contributed by atoms with E-state index in [1.807, 2.05) is 19.0 Å². The maximum Gasteiger partial charge on any atom is 0.410 e. The lowest BCUT2D eigenvalue weighted by atomic mass is 9.91. The molecule has 3 saturated heterocycles. The molecule has 8 heteroatoms. The Morgan fingerprint density at radius 3 is 2.48 bits per heavy atom. The lowest BCUT2D eigenvalue weighted by molar-refractivity contribution is -0.136. The third-order valence-electron chi connectivity index (χ3n) is 6.02. The van der Waals surface area contributed by atoms with Gasteiger partial charge in [0, 0.05) is 64.6 Å². The van der Waals surface area contributed by atoms with Crippen molar-refractivity contribution in [3.63, 3.8) is 0 Å². The van der Waals surface area contributed by atoms with Crippen LogP contribution in [0.15, 0.2) is 0 Å². The van der Waals surface area contributed by atoms with Gasteiger partial charge in [-0.15, -0.1) is 0 Å². The molecule has 0 aromatic heterocycles. The molecular formula is C19H34N4O4. The molecule has 1 spiro atoms. The Balaban J connectivity index is 1.45. The smallest absolute Gasteiger partial charge is 0.410 e. The fourth-order valence-electron chi connectivity index (χ4n) is 4.14.